The van der Waals surface area contributed by atoms with Crippen molar-refractivity contribution >= 4 is 23.3 Å². The highest BCUT2D eigenvalue weighted by Gasteiger charge is 2.21. The van der Waals surface area contributed by atoms with Gasteiger partial charge in [-0.1, -0.05) is 48.2 Å². The van der Waals surface area contributed by atoms with Crippen molar-refractivity contribution in [1.82, 2.24) is 14.6 Å². The second-order valence-electron chi connectivity index (χ2n) is 4.22. The van der Waals surface area contributed by atoms with Crippen molar-refractivity contribution in [1.29, 1.82) is 0 Å². The minimum absolute atomic E-state index is 0.395. The van der Waals surface area contributed by atoms with Crippen molar-refractivity contribution in [2.24, 2.45) is 5.73 Å². The van der Waals surface area contributed by atoms with Gasteiger partial charge in [0.15, 0.2) is 10.8 Å². The number of rotatable bonds is 4. The number of thioether (sulfide) groups is 1. The van der Waals surface area contributed by atoms with Crippen LogP contribution in [-0.2, 0) is 4.79 Å². The third-order valence-corrected chi connectivity index (χ3v) is 4.10. The largest absolute Gasteiger partial charge is 0.368 e. The molecule has 0 bridgehead atoms. The number of hydrogen-bond donors (Lipinski definition) is 1. The Morgan fingerprint density at radius 1 is 1.10 bits per heavy atom. The summed E-state index contributed by atoms with van der Waals surface area (Å²) >= 11 is 1.30. The van der Waals surface area contributed by atoms with Crippen molar-refractivity contribution in [3.05, 3.63) is 60.3 Å². The Labute approximate surface area is 119 Å². The van der Waals surface area contributed by atoms with E-state index in [4.69, 9.17) is 5.73 Å². The predicted octanol–water partition coefficient (Wildman–Crippen LogP) is 2.05. The van der Waals surface area contributed by atoms with Crippen LogP contribution in [0.5, 0.6) is 0 Å². The van der Waals surface area contributed by atoms with Crippen LogP contribution < -0.4 is 5.73 Å². The molecule has 0 saturated heterocycles. The molecular formula is C14H12N4OS. The van der Waals surface area contributed by atoms with E-state index in [1.807, 2.05) is 59.1 Å². The van der Waals surface area contributed by atoms with Crippen LogP contribution in [0.15, 0.2) is 59.9 Å². The molecule has 3 aromatic rings. The van der Waals surface area contributed by atoms with Gasteiger partial charge in [-0.2, -0.15) is 0 Å². The van der Waals surface area contributed by atoms with E-state index in [1.54, 1.807) is 0 Å². The summed E-state index contributed by atoms with van der Waals surface area (Å²) in [6.45, 7) is 0. The fraction of sp³-hybridized carbons (Fsp3) is 0.0714. The fourth-order valence-corrected chi connectivity index (χ4v) is 2.90. The van der Waals surface area contributed by atoms with Gasteiger partial charge in [0.1, 0.15) is 5.25 Å². The van der Waals surface area contributed by atoms with Crippen LogP contribution in [0.25, 0.3) is 5.65 Å². The van der Waals surface area contributed by atoms with Crippen LogP contribution in [-0.4, -0.2) is 20.5 Å². The number of aromatic nitrogens is 3. The zero-order valence-corrected chi connectivity index (χ0v) is 11.3. The number of carbonyl (C=O) groups is 1. The summed E-state index contributed by atoms with van der Waals surface area (Å²) in [4.78, 5) is 11.7. The molecule has 1 atom stereocenters. The number of fused-ring (bicyclic) bond motifs is 1. The molecule has 0 aliphatic heterocycles. The standard InChI is InChI=1S/C14H12N4OS/c15-13(19)12(10-6-2-1-3-7-10)20-14-17-16-11-8-4-5-9-18(11)14/h1-9,12H,(H2,15,19). The van der Waals surface area contributed by atoms with Crippen LogP contribution >= 0.6 is 11.8 Å². The van der Waals surface area contributed by atoms with E-state index in [-0.39, 0.29) is 0 Å². The first-order valence-electron chi connectivity index (χ1n) is 6.06. The van der Waals surface area contributed by atoms with Gasteiger partial charge in [0.05, 0.1) is 0 Å². The number of pyridine rings is 1. The van der Waals surface area contributed by atoms with E-state index in [2.05, 4.69) is 10.2 Å². The number of amides is 1. The van der Waals surface area contributed by atoms with E-state index in [0.29, 0.717) is 5.16 Å². The summed E-state index contributed by atoms with van der Waals surface area (Å²) < 4.78 is 1.84. The van der Waals surface area contributed by atoms with E-state index in [9.17, 15) is 4.79 Å². The minimum Gasteiger partial charge on any atom is -0.368 e. The van der Waals surface area contributed by atoms with Crippen molar-refractivity contribution in [3.63, 3.8) is 0 Å². The summed E-state index contributed by atoms with van der Waals surface area (Å²) in [7, 11) is 0. The van der Waals surface area contributed by atoms with Gasteiger partial charge in [0.2, 0.25) is 5.91 Å². The first kappa shape index (κ1) is 12.7. The Morgan fingerprint density at radius 3 is 2.60 bits per heavy atom. The maximum absolute atomic E-state index is 11.7. The molecule has 20 heavy (non-hydrogen) atoms. The molecule has 6 heteroatoms. The Morgan fingerprint density at radius 2 is 1.85 bits per heavy atom. The lowest BCUT2D eigenvalue weighted by Crippen LogP contribution is -2.19. The van der Waals surface area contributed by atoms with Gasteiger partial charge in [0.25, 0.3) is 0 Å². The van der Waals surface area contributed by atoms with Gasteiger partial charge in [-0.25, -0.2) is 0 Å². The second-order valence-corrected chi connectivity index (χ2v) is 5.29. The van der Waals surface area contributed by atoms with Crippen LogP contribution in [0.1, 0.15) is 10.8 Å². The average molecular weight is 284 g/mol. The molecule has 0 spiro atoms. The molecule has 0 saturated carbocycles. The summed E-state index contributed by atoms with van der Waals surface area (Å²) in [6.07, 6.45) is 1.86. The zero-order chi connectivity index (χ0) is 13.9. The summed E-state index contributed by atoms with van der Waals surface area (Å²) in [5.74, 6) is -0.395. The number of nitrogens with zero attached hydrogens (tertiary/aromatic N) is 3. The molecule has 1 unspecified atom stereocenters. The van der Waals surface area contributed by atoms with Gasteiger partial charge in [-0.05, 0) is 17.7 Å². The SMILES string of the molecule is NC(=O)C(Sc1nnc2ccccn12)c1ccccc1. The highest BCUT2D eigenvalue weighted by Crippen LogP contribution is 2.33. The topological polar surface area (TPSA) is 73.3 Å². The molecule has 1 amide bonds. The Bertz CT molecular complexity index is 741. The maximum Gasteiger partial charge on any atom is 0.235 e. The normalized spacial score (nSPS) is 12.4. The van der Waals surface area contributed by atoms with Crippen molar-refractivity contribution in [2.75, 3.05) is 0 Å². The zero-order valence-electron chi connectivity index (χ0n) is 10.5. The van der Waals surface area contributed by atoms with Gasteiger partial charge in [-0.15, -0.1) is 10.2 Å². The van der Waals surface area contributed by atoms with Crippen molar-refractivity contribution < 1.29 is 4.79 Å². The van der Waals surface area contributed by atoms with E-state index in [0.717, 1.165) is 11.2 Å². The quantitative estimate of drug-likeness (QED) is 0.744. The molecule has 100 valence electrons. The molecule has 0 radical (unpaired) electrons. The van der Waals surface area contributed by atoms with Crippen LogP contribution in [0.4, 0.5) is 0 Å². The molecule has 5 nitrogen and oxygen atoms in total. The lowest BCUT2D eigenvalue weighted by Gasteiger charge is -2.11. The lowest BCUT2D eigenvalue weighted by molar-refractivity contribution is -0.117. The minimum atomic E-state index is -0.483. The third-order valence-electron chi connectivity index (χ3n) is 2.87. The van der Waals surface area contributed by atoms with Gasteiger partial charge >= 0.3 is 0 Å². The summed E-state index contributed by atoms with van der Waals surface area (Å²) in [5, 5.41) is 8.34. The molecule has 2 aromatic heterocycles. The summed E-state index contributed by atoms with van der Waals surface area (Å²) in [5.41, 5.74) is 7.11. The fourth-order valence-electron chi connectivity index (χ4n) is 1.92. The van der Waals surface area contributed by atoms with Crippen LogP contribution in [0.2, 0.25) is 0 Å². The second kappa shape index (κ2) is 5.34. The molecule has 1 aromatic carbocycles. The number of nitrogens with two attached hydrogens (primary N) is 1. The first-order chi connectivity index (χ1) is 9.75. The number of primary amides is 1. The predicted molar refractivity (Wildman–Crippen MR) is 77.2 cm³/mol. The van der Waals surface area contributed by atoms with Crippen molar-refractivity contribution in [3.8, 4) is 0 Å². The monoisotopic (exact) mass is 284 g/mol. The Hall–Kier alpha value is -2.34. The Balaban J connectivity index is 1.97. The van der Waals surface area contributed by atoms with Crippen molar-refractivity contribution in [2.45, 2.75) is 10.4 Å². The van der Waals surface area contributed by atoms with Gasteiger partial charge in [-0.3, -0.25) is 9.20 Å². The maximum atomic E-state index is 11.7. The molecule has 0 fully saturated rings. The van der Waals surface area contributed by atoms with Gasteiger partial charge < -0.3 is 5.73 Å². The molecule has 3 rings (SSSR count). The molecule has 2 heterocycles. The Kier molecular flexibility index (Phi) is 3.39. The molecule has 0 aliphatic carbocycles. The lowest BCUT2D eigenvalue weighted by atomic mass is 10.1. The van der Waals surface area contributed by atoms with Gasteiger partial charge in [0, 0.05) is 6.20 Å². The third kappa shape index (κ3) is 2.37. The van der Waals surface area contributed by atoms with Crippen LogP contribution in [0, 0.1) is 0 Å². The molecule has 2 N–H and O–H groups in total. The molecular weight excluding hydrogens is 272 g/mol. The number of hydrogen-bond acceptors (Lipinski definition) is 4. The van der Waals surface area contributed by atoms with E-state index >= 15 is 0 Å². The number of benzene rings is 1. The average Bonchev–Trinajstić information content (AvgIpc) is 2.88. The smallest absolute Gasteiger partial charge is 0.235 e. The first-order valence-corrected chi connectivity index (χ1v) is 6.94. The van der Waals surface area contributed by atoms with E-state index < -0.39 is 11.2 Å². The highest BCUT2D eigenvalue weighted by molar-refractivity contribution is 8.00. The molecule has 0 aliphatic rings. The summed E-state index contributed by atoms with van der Waals surface area (Å²) in [6, 6.07) is 15.1. The van der Waals surface area contributed by atoms with E-state index in [1.165, 1.54) is 11.8 Å². The highest BCUT2D eigenvalue weighted by atomic mass is 32.2. The van der Waals surface area contributed by atoms with Crippen LogP contribution in [0.3, 0.4) is 0 Å². The number of carbonyl (C=O) groups excluding carboxylic acids is 1.